The summed E-state index contributed by atoms with van der Waals surface area (Å²) in [4.78, 5) is 13.8. The summed E-state index contributed by atoms with van der Waals surface area (Å²) in [5.41, 5.74) is 2.31. The highest BCUT2D eigenvalue weighted by Gasteiger charge is 2.15. The maximum Gasteiger partial charge on any atom is 0.236 e. The minimum atomic E-state index is 0.140. The molecule has 1 aliphatic heterocycles. The number of hydrogen-bond acceptors (Lipinski definition) is 4. The number of methoxy groups -OCH3 is 1. The van der Waals surface area contributed by atoms with Crippen LogP contribution in [0.4, 0.5) is 0 Å². The van der Waals surface area contributed by atoms with Gasteiger partial charge in [-0.2, -0.15) is 0 Å². The molecular weight excluding hydrogens is 256 g/mol. The van der Waals surface area contributed by atoms with E-state index in [1.165, 1.54) is 0 Å². The molecule has 5 heteroatoms. The summed E-state index contributed by atoms with van der Waals surface area (Å²) in [6.45, 7) is 4.35. The Kier molecular flexibility index (Phi) is 5.98. The van der Waals surface area contributed by atoms with Crippen LogP contribution in [0.15, 0.2) is 24.3 Å². The van der Waals surface area contributed by atoms with Crippen molar-refractivity contribution in [1.29, 1.82) is 0 Å². The predicted octanol–water partition coefficient (Wildman–Crippen LogP) is 0.781. The van der Waals surface area contributed by atoms with E-state index in [2.05, 4.69) is 11.4 Å². The molecule has 1 fully saturated rings. The van der Waals surface area contributed by atoms with Gasteiger partial charge in [-0.05, 0) is 11.1 Å². The van der Waals surface area contributed by atoms with E-state index in [9.17, 15) is 4.79 Å². The summed E-state index contributed by atoms with van der Waals surface area (Å²) in [5.74, 6) is 0.140. The number of nitrogens with zero attached hydrogens (tertiary/aromatic N) is 1. The molecule has 110 valence electrons. The van der Waals surface area contributed by atoms with Crippen LogP contribution in [0.2, 0.25) is 0 Å². The summed E-state index contributed by atoms with van der Waals surface area (Å²) in [7, 11) is 1.69. The Morgan fingerprint density at radius 1 is 1.35 bits per heavy atom. The lowest BCUT2D eigenvalue weighted by Gasteiger charge is -2.26. The molecule has 1 N–H and O–H groups in total. The van der Waals surface area contributed by atoms with Crippen LogP contribution in [0, 0.1) is 0 Å². The number of rotatable bonds is 6. The van der Waals surface area contributed by atoms with Gasteiger partial charge in [-0.1, -0.05) is 24.3 Å². The maximum atomic E-state index is 11.9. The normalized spacial score (nSPS) is 15.3. The lowest BCUT2D eigenvalue weighted by atomic mass is 10.1. The number of carbonyl (C=O) groups is 1. The maximum absolute atomic E-state index is 11.9. The molecule has 0 spiro atoms. The summed E-state index contributed by atoms with van der Waals surface area (Å²) in [5, 5.41) is 3.20. The van der Waals surface area contributed by atoms with Crippen molar-refractivity contribution in [3.05, 3.63) is 35.4 Å². The summed E-state index contributed by atoms with van der Waals surface area (Å²) < 4.78 is 10.3. The number of hydrogen-bond donors (Lipinski definition) is 1. The fourth-order valence-electron chi connectivity index (χ4n) is 2.23. The van der Waals surface area contributed by atoms with Crippen LogP contribution in [0.25, 0.3) is 0 Å². The largest absolute Gasteiger partial charge is 0.380 e. The fraction of sp³-hybridized carbons (Fsp3) is 0.533. The second-order valence-electron chi connectivity index (χ2n) is 4.85. The zero-order valence-electron chi connectivity index (χ0n) is 11.9. The molecule has 1 aliphatic rings. The van der Waals surface area contributed by atoms with Gasteiger partial charge in [-0.25, -0.2) is 0 Å². The van der Waals surface area contributed by atoms with Crippen LogP contribution < -0.4 is 5.32 Å². The molecule has 0 radical (unpaired) electrons. The second-order valence-corrected chi connectivity index (χ2v) is 4.85. The minimum Gasteiger partial charge on any atom is -0.380 e. The lowest BCUT2D eigenvalue weighted by Crippen LogP contribution is -2.44. The quantitative estimate of drug-likeness (QED) is 0.835. The molecule has 1 aromatic carbocycles. The molecule has 1 aromatic rings. The fourth-order valence-corrected chi connectivity index (χ4v) is 2.23. The van der Waals surface area contributed by atoms with Gasteiger partial charge in [0.25, 0.3) is 0 Å². The van der Waals surface area contributed by atoms with E-state index in [1.54, 1.807) is 7.11 Å². The Morgan fingerprint density at radius 3 is 2.85 bits per heavy atom. The summed E-state index contributed by atoms with van der Waals surface area (Å²) in [6.07, 6.45) is 0. The zero-order chi connectivity index (χ0) is 14.2. The van der Waals surface area contributed by atoms with Gasteiger partial charge in [0.2, 0.25) is 5.91 Å². The Hall–Kier alpha value is -1.43. The molecule has 1 heterocycles. The summed E-state index contributed by atoms with van der Waals surface area (Å²) >= 11 is 0. The number of amides is 1. The highest BCUT2D eigenvalue weighted by molar-refractivity contribution is 5.78. The van der Waals surface area contributed by atoms with Gasteiger partial charge in [-0.15, -0.1) is 0 Å². The highest BCUT2D eigenvalue weighted by atomic mass is 16.5. The van der Waals surface area contributed by atoms with E-state index in [0.29, 0.717) is 46.0 Å². The van der Waals surface area contributed by atoms with Crippen molar-refractivity contribution in [3.63, 3.8) is 0 Å². The van der Waals surface area contributed by atoms with E-state index < -0.39 is 0 Å². The van der Waals surface area contributed by atoms with Crippen molar-refractivity contribution in [2.24, 2.45) is 0 Å². The SMILES string of the molecule is COCc1cccc(CNCC(=O)N2CCOCC2)c1. The Balaban J connectivity index is 1.74. The average molecular weight is 278 g/mol. The smallest absolute Gasteiger partial charge is 0.236 e. The van der Waals surface area contributed by atoms with E-state index in [-0.39, 0.29) is 5.91 Å². The van der Waals surface area contributed by atoms with Gasteiger partial charge in [0.1, 0.15) is 0 Å². The number of carbonyl (C=O) groups excluding carboxylic acids is 1. The van der Waals surface area contributed by atoms with Gasteiger partial charge in [0.15, 0.2) is 0 Å². The Morgan fingerprint density at radius 2 is 2.10 bits per heavy atom. The van der Waals surface area contributed by atoms with Crippen molar-refractivity contribution in [1.82, 2.24) is 10.2 Å². The van der Waals surface area contributed by atoms with E-state index in [4.69, 9.17) is 9.47 Å². The Bertz CT molecular complexity index is 431. The third-order valence-corrected chi connectivity index (χ3v) is 3.27. The van der Waals surface area contributed by atoms with Crippen molar-refractivity contribution >= 4 is 5.91 Å². The van der Waals surface area contributed by atoms with Gasteiger partial charge < -0.3 is 19.7 Å². The minimum absolute atomic E-state index is 0.140. The van der Waals surface area contributed by atoms with Crippen LogP contribution in [0.3, 0.4) is 0 Å². The van der Waals surface area contributed by atoms with Crippen LogP contribution in [-0.2, 0) is 27.4 Å². The molecule has 0 saturated carbocycles. The third kappa shape index (κ3) is 4.59. The second kappa shape index (κ2) is 7.99. The number of ether oxygens (including phenoxy) is 2. The number of benzene rings is 1. The molecule has 5 nitrogen and oxygen atoms in total. The summed E-state index contributed by atoms with van der Waals surface area (Å²) in [6, 6.07) is 8.18. The van der Waals surface area contributed by atoms with Crippen molar-refractivity contribution in [2.45, 2.75) is 13.2 Å². The van der Waals surface area contributed by atoms with E-state index >= 15 is 0 Å². The van der Waals surface area contributed by atoms with Crippen molar-refractivity contribution < 1.29 is 14.3 Å². The van der Waals surface area contributed by atoms with Crippen LogP contribution >= 0.6 is 0 Å². The molecular formula is C15H22N2O3. The Labute approximate surface area is 119 Å². The third-order valence-electron chi connectivity index (χ3n) is 3.27. The van der Waals surface area contributed by atoms with Gasteiger partial charge >= 0.3 is 0 Å². The molecule has 0 aliphatic carbocycles. The molecule has 0 atom stereocenters. The predicted molar refractivity (Wildman–Crippen MR) is 76.3 cm³/mol. The molecule has 20 heavy (non-hydrogen) atoms. The first-order chi connectivity index (χ1) is 9.79. The first-order valence-electron chi connectivity index (χ1n) is 6.92. The first-order valence-corrected chi connectivity index (χ1v) is 6.92. The molecule has 0 bridgehead atoms. The number of nitrogens with one attached hydrogen (secondary N) is 1. The molecule has 1 saturated heterocycles. The molecule has 0 aromatic heterocycles. The zero-order valence-corrected chi connectivity index (χ0v) is 11.9. The van der Waals surface area contributed by atoms with Crippen LogP contribution in [0.5, 0.6) is 0 Å². The van der Waals surface area contributed by atoms with Crippen LogP contribution in [-0.4, -0.2) is 50.8 Å². The lowest BCUT2D eigenvalue weighted by molar-refractivity contribution is -0.134. The molecule has 1 amide bonds. The molecule has 2 rings (SSSR count). The van der Waals surface area contributed by atoms with Crippen LogP contribution in [0.1, 0.15) is 11.1 Å². The highest BCUT2D eigenvalue weighted by Crippen LogP contribution is 2.06. The average Bonchev–Trinajstić information content (AvgIpc) is 2.49. The van der Waals surface area contributed by atoms with Crippen molar-refractivity contribution in [2.75, 3.05) is 40.0 Å². The first kappa shape index (κ1) is 15.0. The monoisotopic (exact) mass is 278 g/mol. The topological polar surface area (TPSA) is 50.8 Å². The van der Waals surface area contributed by atoms with Gasteiger partial charge in [0, 0.05) is 26.7 Å². The van der Waals surface area contributed by atoms with Gasteiger partial charge in [-0.3, -0.25) is 4.79 Å². The number of morpholine rings is 1. The standard InChI is InChI=1S/C15H22N2O3/c1-19-12-14-4-2-3-13(9-14)10-16-11-15(18)17-5-7-20-8-6-17/h2-4,9,16H,5-8,10-12H2,1H3. The molecule has 0 unspecified atom stereocenters. The van der Waals surface area contributed by atoms with E-state index in [1.807, 2.05) is 23.1 Å². The van der Waals surface area contributed by atoms with Gasteiger partial charge in [0.05, 0.1) is 26.4 Å². The van der Waals surface area contributed by atoms with E-state index in [0.717, 1.165) is 11.1 Å². The van der Waals surface area contributed by atoms with Crippen molar-refractivity contribution in [3.8, 4) is 0 Å².